The highest BCUT2D eigenvalue weighted by atomic mass is 16.4. The Morgan fingerprint density at radius 2 is 1.85 bits per heavy atom. The molecule has 0 radical (unpaired) electrons. The Morgan fingerprint density at radius 1 is 1.07 bits per heavy atom. The zero-order chi connectivity index (χ0) is 18.9. The van der Waals surface area contributed by atoms with Gasteiger partial charge in [0.25, 0.3) is 0 Å². The van der Waals surface area contributed by atoms with Crippen molar-refractivity contribution >= 4 is 21.7 Å². The van der Waals surface area contributed by atoms with Crippen LogP contribution in [0.15, 0.2) is 51.7 Å². The van der Waals surface area contributed by atoms with Gasteiger partial charge in [0.15, 0.2) is 0 Å². The monoisotopic (exact) mass is 364 g/mol. The first kappa shape index (κ1) is 18.2. The molecule has 142 valence electrons. The van der Waals surface area contributed by atoms with Crippen molar-refractivity contribution in [3.63, 3.8) is 0 Å². The Labute approximate surface area is 160 Å². The lowest BCUT2D eigenvalue weighted by Crippen LogP contribution is -2.52. The third-order valence-electron chi connectivity index (χ3n) is 6.22. The van der Waals surface area contributed by atoms with Gasteiger partial charge in [0.2, 0.25) is 0 Å². The largest absolute Gasteiger partial charge is 0.423 e. The second-order valence-corrected chi connectivity index (χ2v) is 8.03. The van der Waals surface area contributed by atoms with Gasteiger partial charge in [0.05, 0.1) is 0 Å². The SMILES string of the molecule is CN(C)C1(CNCc2cc(=O)oc3ccc4ccccc4c23)CCCCC1. The van der Waals surface area contributed by atoms with Gasteiger partial charge in [0, 0.05) is 30.1 Å². The molecule has 4 heteroatoms. The van der Waals surface area contributed by atoms with Crippen molar-refractivity contribution in [2.45, 2.75) is 44.2 Å². The summed E-state index contributed by atoms with van der Waals surface area (Å²) in [4.78, 5) is 14.5. The van der Waals surface area contributed by atoms with Crippen LogP contribution in [-0.4, -0.2) is 31.1 Å². The minimum Gasteiger partial charge on any atom is -0.423 e. The van der Waals surface area contributed by atoms with Gasteiger partial charge >= 0.3 is 5.63 Å². The van der Waals surface area contributed by atoms with Crippen LogP contribution in [0, 0.1) is 0 Å². The van der Waals surface area contributed by atoms with Crippen LogP contribution in [0.2, 0.25) is 0 Å². The van der Waals surface area contributed by atoms with Gasteiger partial charge in [-0.1, -0.05) is 49.6 Å². The van der Waals surface area contributed by atoms with Crippen LogP contribution < -0.4 is 10.9 Å². The number of benzene rings is 2. The summed E-state index contributed by atoms with van der Waals surface area (Å²) >= 11 is 0. The summed E-state index contributed by atoms with van der Waals surface area (Å²) in [6, 6.07) is 13.8. The molecular formula is C23H28N2O2. The van der Waals surface area contributed by atoms with Crippen LogP contribution in [0.3, 0.4) is 0 Å². The van der Waals surface area contributed by atoms with E-state index >= 15 is 0 Å². The summed E-state index contributed by atoms with van der Waals surface area (Å²) in [5.74, 6) is 0. The maximum atomic E-state index is 12.1. The Hall–Kier alpha value is -2.17. The molecule has 27 heavy (non-hydrogen) atoms. The van der Waals surface area contributed by atoms with E-state index in [1.165, 1.54) is 32.1 Å². The molecule has 3 aromatic rings. The van der Waals surface area contributed by atoms with Gasteiger partial charge in [0.1, 0.15) is 5.58 Å². The van der Waals surface area contributed by atoms with Gasteiger partial charge in [-0.05, 0) is 49.3 Å². The van der Waals surface area contributed by atoms with E-state index in [0.29, 0.717) is 12.1 Å². The lowest BCUT2D eigenvalue weighted by molar-refractivity contribution is 0.0984. The second kappa shape index (κ2) is 7.45. The molecule has 2 aromatic carbocycles. The molecule has 1 heterocycles. The molecular weight excluding hydrogens is 336 g/mol. The van der Waals surface area contributed by atoms with Gasteiger partial charge in [-0.3, -0.25) is 0 Å². The third-order valence-corrected chi connectivity index (χ3v) is 6.22. The number of hydrogen-bond donors (Lipinski definition) is 1. The number of fused-ring (bicyclic) bond motifs is 3. The zero-order valence-corrected chi connectivity index (χ0v) is 16.3. The summed E-state index contributed by atoms with van der Waals surface area (Å²) < 4.78 is 5.47. The van der Waals surface area contributed by atoms with Crippen molar-refractivity contribution in [2.75, 3.05) is 20.6 Å². The molecule has 1 fully saturated rings. The molecule has 1 saturated carbocycles. The predicted molar refractivity (Wildman–Crippen MR) is 111 cm³/mol. The highest BCUT2D eigenvalue weighted by Gasteiger charge is 2.33. The molecule has 1 N–H and O–H groups in total. The number of nitrogens with one attached hydrogen (secondary N) is 1. The Balaban J connectivity index is 1.65. The van der Waals surface area contributed by atoms with E-state index in [2.05, 4.69) is 36.4 Å². The Morgan fingerprint density at radius 3 is 2.63 bits per heavy atom. The summed E-state index contributed by atoms with van der Waals surface area (Å²) in [5, 5.41) is 7.00. The average Bonchev–Trinajstić information content (AvgIpc) is 2.68. The maximum Gasteiger partial charge on any atom is 0.336 e. The van der Waals surface area contributed by atoms with Gasteiger partial charge < -0.3 is 14.6 Å². The van der Waals surface area contributed by atoms with E-state index in [4.69, 9.17) is 4.42 Å². The van der Waals surface area contributed by atoms with Crippen LogP contribution in [0.25, 0.3) is 21.7 Å². The highest BCUT2D eigenvalue weighted by molar-refractivity contribution is 6.07. The number of likely N-dealkylation sites (N-methyl/N-ethyl adjacent to an activating group) is 1. The lowest BCUT2D eigenvalue weighted by atomic mass is 9.80. The molecule has 1 aromatic heterocycles. The van der Waals surface area contributed by atoms with E-state index < -0.39 is 0 Å². The first-order valence-corrected chi connectivity index (χ1v) is 9.92. The quantitative estimate of drug-likeness (QED) is 0.542. The van der Waals surface area contributed by atoms with Gasteiger partial charge in [-0.25, -0.2) is 4.79 Å². The van der Waals surface area contributed by atoms with Crippen molar-refractivity contribution in [1.82, 2.24) is 10.2 Å². The van der Waals surface area contributed by atoms with E-state index in [0.717, 1.165) is 28.3 Å². The average molecular weight is 364 g/mol. The minimum atomic E-state index is -0.283. The predicted octanol–water partition coefficient (Wildman–Crippen LogP) is 4.30. The summed E-state index contributed by atoms with van der Waals surface area (Å²) in [5.41, 5.74) is 1.62. The number of nitrogens with zero attached hydrogens (tertiary/aromatic N) is 1. The van der Waals surface area contributed by atoms with Crippen LogP contribution in [0.5, 0.6) is 0 Å². The standard InChI is InChI=1S/C23H28N2O2/c1-25(2)23(12-6-3-7-13-23)16-24-15-18-14-21(26)27-20-11-10-17-8-4-5-9-19(17)22(18)20/h4-5,8-11,14,24H,3,6-7,12-13,15-16H2,1-2H3. The van der Waals surface area contributed by atoms with Crippen LogP contribution in [0.4, 0.5) is 0 Å². The van der Waals surface area contributed by atoms with Crippen LogP contribution in [0.1, 0.15) is 37.7 Å². The molecule has 0 bridgehead atoms. The normalized spacial score (nSPS) is 17.0. The van der Waals surface area contributed by atoms with Crippen molar-refractivity contribution in [1.29, 1.82) is 0 Å². The Bertz CT molecular complexity index is 1000. The molecule has 1 aliphatic carbocycles. The summed E-state index contributed by atoms with van der Waals surface area (Å²) in [6.07, 6.45) is 6.39. The molecule has 4 rings (SSSR count). The molecule has 4 nitrogen and oxygen atoms in total. The van der Waals surface area contributed by atoms with Crippen molar-refractivity contribution in [3.8, 4) is 0 Å². The summed E-state index contributed by atoms with van der Waals surface area (Å²) in [6.45, 7) is 1.61. The molecule has 0 saturated heterocycles. The van der Waals surface area contributed by atoms with Crippen molar-refractivity contribution < 1.29 is 4.42 Å². The number of hydrogen-bond acceptors (Lipinski definition) is 4. The molecule has 0 amide bonds. The lowest BCUT2D eigenvalue weighted by Gasteiger charge is -2.43. The zero-order valence-electron chi connectivity index (χ0n) is 16.3. The molecule has 0 aliphatic heterocycles. The summed E-state index contributed by atoms with van der Waals surface area (Å²) in [7, 11) is 4.38. The first-order chi connectivity index (χ1) is 13.1. The van der Waals surface area contributed by atoms with E-state index in [1.54, 1.807) is 6.07 Å². The minimum absolute atomic E-state index is 0.218. The van der Waals surface area contributed by atoms with Crippen molar-refractivity contribution in [3.05, 3.63) is 58.4 Å². The fraction of sp³-hybridized carbons (Fsp3) is 0.435. The molecule has 1 aliphatic rings. The van der Waals surface area contributed by atoms with E-state index in [1.807, 2.05) is 24.3 Å². The maximum absolute atomic E-state index is 12.1. The molecule has 0 atom stereocenters. The fourth-order valence-corrected chi connectivity index (χ4v) is 4.58. The highest BCUT2D eigenvalue weighted by Crippen LogP contribution is 2.32. The van der Waals surface area contributed by atoms with E-state index in [-0.39, 0.29) is 11.2 Å². The smallest absolute Gasteiger partial charge is 0.336 e. The van der Waals surface area contributed by atoms with Gasteiger partial charge in [-0.2, -0.15) is 0 Å². The third kappa shape index (κ3) is 3.52. The second-order valence-electron chi connectivity index (χ2n) is 8.03. The topological polar surface area (TPSA) is 45.5 Å². The number of rotatable bonds is 5. The van der Waals surface area contributed by atoms with E-state index in [9.17, 15) is 4.79 Å². The Kier molecular flexibility index (Phi) is 5.02. The molecule has 0 unspecified atom stereocenters. The van der Waals surface area contributed by atoms with Crippen LogP contribution in [-0.2, 0) is 6.54 Å². The van der Waals surface area contributed by atoms with Crippen molar-refractivity contribution in [2.24, 2.45) is 0 Å². The molecule has 0 spiro atoms. The fourth-order valence-electron chi connectivity index (χ4n) is 4.58. The van der Waals surface area contributed by atoms with Gasteiger partial charge in [-0.15, -0.1) is 0 Å². The first-order valence-electron chi connectivity index (χ1n) is 9.92. The van der Waals surface area contributed by atoms with Crippen LogP contribution >= 0.6 is 0 Å².